The summed E-state index contributed by atoms with van der Waals surface area (Å²) in [5.74, 6) is 0.464. The van der Waals surface area contributed by atoms with Crippen molar-refractivity contribution in [1.82, 2.24) is 9.55 Å². The monoisotopic (exact) mass is 342 g/mol. The van der Waals surface area contributed by atoms with Crippen LogP contribution in [0.1, 0.15) is 6.42 Å². The minimum atomic E-state index is -4.93. The molecule has 0 saturated carbocycles. The van der Waals surface area contributed by atoms with Crippen LogP contribution in [-0.2, 0) is 21.2 Å². The van der Waals surface area contributed by atoms with Gasteiger partial charge < -0.3 is 10.3 Å². The number of aromatic nitrogens is 2. The fourth-order valence-electron chi connectivity index (χ4n) is 1.58. The van der Waals surface area contributed by atoms with Crippen LogP contribution in [0.25, 0.3) is 0 Å². The zero-order chi connectivity index (χ0) is 14.9. The summed E-state index contributed by atoms with van der Waals surface area (Å²) in [5.41, 5.74) is 4.42. The summed E-state index contributed by atoms with van der Waals surface area (Å²) in [4.78, 5) is 16.2. The zero-order valence-electron chi connectivity index (χ0n) is 9.79. The molecule has 0 aliphatic carbocycles. The average Bonchev–Trinajstić information content (AvgIpc) is 2.36. The molecule has 1 aliphatic heterocycles. The van der Waals surface area contributed by atoms with Crippen LogP contribution in [0.5, 0.6) is 0 Å². The lowest BCUT2D eigenvalue weighted by atomic mass is 10.4. The first kappa shape index (κ1) is 15.4. The van der Waals surface area contributed by atoms with Crippen molar-refractivity contribution >= 4 is 45.9 Å². The van der Waals surface area contributed by atoms with Crippen LogP contribution in [-0.4, -0.2) is 32.8 Å². The molecule has 0 radical (unpaired) electrons. The standard InChI is InChI=1S/C7H10N4O6S3/c8-5-4(11(19-13)17-20(14,15)16)6(12)10-2-1-3-18-7(10)9-5/h13H,1-3,8H2,(H,14,15,16). The van der Waals surface area contributed by atoms with Crippen molar-refractivity contribution in [2.24, 2.45) is 0 Å². The molecule has 20 heavy (non-hydrogen) atoms. The van der Waals surface area contributed by atoms with E-state index in [-0.39, 0.29) is 22.5 Å². The van der Waals surface area contributed by atoms with Gasteiger partial charge in [-0.25, -0.2) is 4.98 Å². The largest absolute Gasteiger partial charge is 0.419 e. The fraction of sp³-hybridized carbons (Fsp3) is 0.429. The Labute approximate surface area is 122 Å². The van der Waals surface area contributed by atoms with Gasteiger partial charge in [-0.1, -0.05) is 11.8 Å². The Kier molecular flexibility index (Phi) is 4.46. The molecule has 13 heteroatoms. The van der Waals surface area contributed by atoms with Crippen LogP contribution in [0, 0.1) is 0 Å². The maximum atomic E-state index is 12.2. The third-order valence-corrected chi connectivity index (χ3v) is 4.21. The second-order valence-electron chi connectivity index (χ2n) is 3.63. The van der Waals surface area contributed by atoms with E-state index in [4.69, 9.17) is 14.8 Å². The normalized spacial score (nSPS) is 14.9. The van der Waals surface area contributed by atoms with Crippen molar-refractivity contribution in [2.75, 3.05) is 16.0 Å². The molecule has 1 aromatic rings. The number of hydrogen-bond acceptors (Lipinski definition) is 10. The fourth-order valence-corrected chi connectivity index (χ4v) is 3.37. The molecule has 0 unspecified atom stereocenters. The Morgan fingerprint density at radius 2 is 2.25 bits per heavy atom. The quantitative estimate of drug-likeness (QED) is 0.223. The van der Waals surface area contributed by atoms with Crippen LogP contribution in [0.2, 0.25) is 0 Å². The van der Waals surface area contributed by atoms with Gasteiger partial charge >= 0.3 is 10.4 Å². The first-order valence-electron chi connectivity index (χ1n) is 5.15. The summed E-state index contributed by atoms with van der Waals surface area (Å²) in [6.07, 6.45) is 0.730. The number of nitrogens with zero attached hydrogens (tertiary/aromatic N) is 3. The van der Waals surface area contributed by atoms with Crippen LogP contribution in [0.4, 0.5) is 11.5 Å². The predicted molar refractivity (Wildman–Crippen MR) is 73.6 cm³/mol. The topological polar surface area (TPSA) is 148 Å². The Morgan fingerprint density at radius 1 is 1.55 bits per heavy atom. The summed E-state index contributed by atoms with van der Waals surface area (Å²) in [7, 11) is -4.93. The van der Waals surface area contributed by atoms with Gasteiger partial charge in [-0.15, -0.1) is 8.75 Å². The van der Waals surface area contributed by atoms with Gasteiger partial charge in [0.15, 0.2) is 16.7 Å². The highest BCUT2D eigenvalue weighted by atomic mass is 32.3. The third-order valence-electron chi connectivity index (χ3n) is 2.31. The molecule has 0 spiro atoms. The van der Waals surface area contributed by atoms with Crippen molar-refractivity contribution < 1.29 is 21.8 Å². The predicted octanol–water partition coefficient (Wildman–Crippen LogP) is -0.0167. The maximum Gasteiger partial charge on any atom is 0.419 e. The number of nitrogen functional groups attached to an aromatic ring is 1. The number of nitrogens with two attached hydrogens (primary N) is 1. The van der Waals surface area contributed by atoms with Crippen molar-refractivity contribution in [3.63, 3.8) is 0 Å². The molecular formula is C7H10N4O6S3. The average molecular weight is 342 g/mol. The SMILES string of the molecule is Nc1nc2n(c(=O)c1N(OS(=O)(=O)O)SO)CCCS2. The van der Waals surface area contributed by atoms with Crippen molar-refractivity contribution in [1.29, 1.82) is 0 Å². The van der Waals surface area contributed by atoms with Gasteiger partial charge in [0.2, 0.25) is 0 Å². The number of hydrogen-bond donors (Lipinski definition) is 3. The van der Waals surface area contributed by atoms with E-state index >= 15 is 0 Å². The Morgan fingerprint density at radius 3 is 2.85 bits per heavy atom. The molecule has 0 atom stereocenters. The van der Waals surface area contributed by atoms with Gasteiger partial charge in [0, 0.05) is 12.3 Å². The summed E-state index contributed by atoms with van der Waals surface area (Å²) in [6.45, 7) is 0.386. The molecule has 4 N–H and O–H groups in total. The first-order chi connectivity index (χ1) is 9.33. The van der Waals surface area contributed by atoms with E-state index in [1.807, 2.05) is 0 Å². The summed E-state index contributed by atoms with van der Waals surface area (Å²) in [5, 5.41) is 0.400. The lowest BCUT2D eigenvalue weighted by Crippen LogP contribution is -2.34. The lowest BCUT2D eigenvalue weighted by molar-refractivity contribution is 0.285. The van der Waals surface area contributed by atoms with Gasteiger partial charge in [-0.3, -0.25) is 13.9 Å². The van der Waals surface area contributed by atoms with E-state index in [2.05, 4.69) is 9.27 Å². The molecule has 0 saturated heterocycles. The molecule has 112 valence electrons. The number of anilines is 2. The molecular weight excluding hydrogens is 332 g/mol. The lowest BCUT2D eigenvalue weighted by Gasteiger charge is -2.21. The second kappa shape index (κ2) is 5.79. The van der Waals surface area contributed by atoms with E-state index in [9.17, 15) is 13.2 Å². The minimum Gasteiger partial charge on any atom is -0.382 e. The third kappa shape index (κ3) is 3.18. The van der Waals surface area contributed by atoms with Gasteiger partial charge in [-0.05, 0) is 6.42 Å². The van der Waals surface area contributed by atoms with Gasteiger partial charge in [0.05, 0.1) is 0 Å². The second-order valence-corrected chi connectivity index (χ2v) is 6.19. The number of fused-ring (bicyclic) bond motifs is 1. The molecule has 2 rings (SSSR count). The summed E-state index contributed by atoms with van der Waals surface area (Å²) >= 11 is 1.09. The van der Waals surface area contributed by atoms with Crippen molar-refractivity contribution in [3.05, 3.63) is 10.4 Å². The highest BCUT2D eigenvalue weighted by molar-refractivity contribution is 7.99. The van der Waals surface area contributed by atoms with Crippen LogP contribution in [0.15, 0.2) is 9.95 Å². The van der Waals surface area contributed by atoms with Crippen LogP contribution in [0.3, 0.4) is 0 Å². The van der Waals surface area contributed by atoms with E-state index in [0.29, 0.717) is 11.7 Å². The summed E-state index contributed by atoms with van der Waals surface area (Å²) < 4.78 is 44.5. The van der Waals surface area contributed by atoms with Gasteiger partial charge in [-0.2, -0.15) is 8.42 Å². The molecule has 0 fully saturated rings. The van der Waals surface area contributed by atoms with E-state index in [0.717, 1.165) is 12.2 Å². The first-order valence-corrected chi connectivity index (χ1v) is 8.23. The van der Waals surface area contributed by atoms with E-state index < -0.39 is 21.6 Å². The maximum absolute atomic E-state index is 12.2. The van der Waals surface area contributed by atoms with E-state index in [1.165, 1.54) is 16.3 Å². The molecule has 10 nitrogen and oxygen atoms in total. The highest BCUT2D eigenvalue weighted by Gasteiger charge is 2.26. The highest BCUT2D eigenvalue weighted by Crippen LogP contribution is 2.28. The Bertz CT molecular complexity index is 674. The van der Waals surface area contributed by atoms with Crippen molar-refractivity contribution in [2.45, 2.75) is 18.1 Å². The molecule has 0 bridgehead atoms. The number of rotatable bonds is 4. The Hall–Kier alpha value is -0.990. The van der Waals surface area contributed by atoms with Gasteiger partial charge in [0.1, 0.15) is 12.2 Å². The molecule has 0 aromatic carbocycles. The molecule has 2 heterocycles. The molecule has 1 aromatic heterocycles. The van der Waals surface area contributed by atoms with Gasteiger partial charge in [0.25, 0.3) is 5.56 Å². The minimum absolute atomic E-state index is 0.187. The van der Waals surface area contributed by atoms with E-state index in [1.54, 1.807) is 0 Å². The molecule has 1 aliphatic rings. The van der Waals surface area contributed by atoms with Crippen LogP contribution < -0.4 is 15.8 Å². The van der Waals surface area contributed by atoms with Crippen LogP contribution >= 0.6 is 24.0 Å². The zero-order valence-corrected chi connectivity index (χ0v) is 12.2. The summed E-state index contributed by atoms with van der Waals surface area (Å²) in [6, 6.07) is 0. The number of thioether (sulfide) groups is 1. The Balaban J connectivity index is 2.53. The molecule has 0 amide bonds. The van der Waals surface area contributed by atoms with Crippen molar-refractivity contribution in [3.8, 4) is 0 Å². The smallest absolute Gasteiger partial charge is 0.382 e.